The van der Waals surface area contributed by atoms with E-state index >= 15 is 0 Å². The molecule has 0 spiro atoms. The van der Waals surface area contributed by atoms with Crippen LogP contribution in [0, 0.1) is 18.6 Å². The van der Waals surface area contributed by atoms with Crippen molar-refractivity contribution in [1.29, 1.82) is 0 Å². The van der Waals surface area contributed by atoms with Crippen molar-refractivity contribution in [2.24, 2.45) is 0 Å². The number of nitrogens with zero attached hydrogens (tertiary/aromatic N) is 5. The van der Waals surface area contributed by atoms with E-state index in [-0.39, 0.29) is 29.0 Å². The number of methoxy groups -OCH3 is 1. The Bertz CT molecular complexity index is 1590. The number of ether oxygens (including phenoxy) is 1. The molecule has 36 heavy (non-hydrogen) atoms. The van der Waals surface area contributed by atoms with Crippen LogP contribution in [0.5, 0.6) is 5.75 Å². The van der Waals surface area contributed by atoms with Gasteiger partial charge in [0.2, 0.25) is 0 Å². The number of alkyl halides is 3. The van der Waals surface area contributed by atoms with E-state index in [4.69, 9.17) is 4.74 Å². The van der Waals surface area contributed by atoms with Crippen molar-refractivity contribution < 1.29 is 26.7 Å². The zero-order valence-electron chi connectivity index (χ0n) is 19.0. The molecule has 0 aliphatic carbocycles. The lowest BCUT2D eigenvalue weighted by Gasteiger charge is -2.10. The molecule has 0 atom stereocenters. The highest BCUT2D eigenvalue weighted by atomic mass is 19.4. The van der Waals surface area contributed by atoms with Crippen molar-refractivity contribution in [3.05, 3.63) is 95.5 Å². The lowest BCUT2D eigenvalue weighted by Crippen LogP contribution is -2.08. The molecule has 0 aliphatic rings. The van der Waals surface area contributed by atoms with E-state index in [9.17, 15) is 22.0 Å². The van der Waals surface area contributed by atoms with Crippen LogP contribution in [0.25, 0.3) is 22.5 Å². The van der Waals surface area contributed by atoms with Gasteiger partial charge in [-0.2, -0.15) is 18.3 Å². The Morgan fingerprint density at radius 2 is 1.78 bits per heavy atom. The molecule has 5 rings (SSSR count). The molecule has 0 saturated heterocycles. The fraction of sp³-hybridized carbons (Fsp3) is 0.160. The van der Waals surface area contributed by atoms with Gasteiger partial charge in [-0.3, -0.25) is 0 Å². The summed E-state index contributed by atoms with van der Waals surface area (Å²) in [5.41, 5.74) is 1.48. The van der Waals surface area contributed by atoms with Crippen molar-refractivity contribution in [3.63, 3.8) is 0 Å². The zero-order valence-corrected chi connectivity index (χ0v) is 19.0. The van der Waals surface area contributed by atoms with Crippen LogP contribution in [0.1, 0.15) is 22.6 Å². The average Bonchev–Trinajstić information content (AvgIpc) is 3.45. The maximum Gasteiger partial charge on any atom is 0.417 e. The van der Waals surface area contributed by atoms with E-state index in [2.05, 4.69) is 15.1 Å². The van der Waals surface area contributed by atoms with Crippen LogP contribution >= 0.6 is 0 Å². The second kappa shape index (κ2) is 8.74. The molecule has 0 amide bonds. The minimum absolute atomic E-state index is 0.0223. The Kier molecular flexibility index (Phi) is 5.70. The summed E-state index contributed by atoms with van der Waals surface area (Å²) in [7, 11) is 1.53. The number of benzene rings is 2. The molecule has 184 valence electrons. The highest BCUT2D eigenvalue weighted by Crippen LogP contribution is 2.34. The van der Waals surface area contributed by atoms with Gasteiger partial charge in [0.25, 0.3) is 0 Å². The van der Waals surface area contributed by atoms with Crippen LogP contribution in [0.15, 0.2) is 61.2 Å². The normalized spacial score (nSPS) is 11.9. The monoisotopic (exact) mass is 499 g/mol. The van der Waals surface area contributed by atoms with Crippen molar-refractivity contribution in [1.82, 2.24) is 24.1 Å². The Labute approximate surface area is 201 Å². The number of rotatable bonds is 5. The summed E-state index contributed by atoms with van der Waals surface area (Å²) in [4.78, 5) is 8.62. The first-order valence-corrected chi connectivity index (χ1v) is 10.7. The van der Waals surface area contributed by atoms with E-state index in [0.717, 1.165) is 45.9 Å². The van der Waals surface area contributed by atoms with Gasteiger partial charge in [0.1, 0.15) is 5.75 Å². The Hall–Kier alpha value is -4.28. The molecule has 3 heterocycles. The van der Waals surface area contributed by atoms with Crippen LogP contribution in [0.3, 0.4) is 0 Å². The first-order chi connectivity index (χ1) is 17.1. The topological polar surface area (TPSA) is 57.2 Å². The molecular formula is C25H18F5N5O. The van der Waals surface area contributed by atoms with E-state index < -0.39 is 23.4 Å². The minimum Gasteiger partial charge on any atom is -0.495 e. The molecule has 5 aromatic rings. The number of hydrogen-bond donors (Lipinski definition) is 0. The maximum atomic E-state index is 13.9. The molecule has 0 radical (unpaired) electrons. The summed E-state index contributed by atoms with van der Waals surface area (Å²) in [5, 5.41) is 4.23. The van der Waals surface area contributed by atoms with Crippen LogP contribution in [-0.4, -0.2) is 31.3 Å². The smallest absolute Gasteiger partial charge is 0.417 e. The predicted molar refractivity (Wildman–Crippen MR) is 121 cm³/mol. The summed E-state index contributed by atoms with van der Waals surface area (Å²) in [6.45, 7) is 1.87. The van der Waals surface area contributed by atoms with Gasteiger partial charge in [0.15, 0.2) is 23.1 Å². The number of fused-ring (bicyclic) bond motifs is 1. The van der Waals surface area contributed by atoms with Crippen molar-refractivity contribution in [3.8, 4) is 22.6 Å². The van der Waals surface area contributed by atoms with Gasteiger partial charge < -0.3 is 9.30 Å². The van der Waals surface area contributed by atoms with Gasteiger partial charge in [-0.1, -0.05) is 12.1 Å². The highest BCUT2D eigenvalue weighted by Gasteiger charge is 2.32. The number of imidazole rings is 1. The molecule has 0 saturated carbocycles. The number of halogens is 5. The summed E-state index contributed by atoms with van der Waals surface area (Å²) in [6.07, 6.45) is -0.156. The van der Waals surface area contributed by atoms with Gasteiger partial charge >= 0.3 is 6.18 Å². The number of aryl methyl sites for hydroxylation is 1. The quantitative estimate of drug-likeness (QED) is 0.288. The largest absolute Gasteiger partial charge is 0.495 e. The number of hydrogen-bond acceptors (Lipinski definition) is 4. The van der Waals surface area contributed by atoms with Crippen molar-refractivity contribution in [2.75, 3.05) is 7.11 Å². The lowest BCUT2D eigenvalue weighted by molar-refractivity contribution is -0.137. The van der Waals surface area contributed by atoms with Gasteiger partial charge in [-0.05, 0) is 48.4 Å². The van der Waals surface area contributed by atoms with Gasteiger partial charge in [-0.25, -0.2) is 23.3 Å². The Morgan fingerprint density at radius 3 is 2.44 bits per heavy atom. The molecule has 11 heteroatoms. The van der Waals surface area contributed by atoms with Gasteiger partial charge in [0, 0.05) is 24.4 Å². The second-order valence-electron chi connectivity index (χ2n) is 8.17. The van der Waals surface area contributed by atoms with Crippen LogP contribution < -0.4 is 4.74 Å². The summed E-state index contributed by atoms with van der Waals surface area (Å²) in [6, 6.07) is 9.19. The maximum absolute atomic E-state index is 13.9. The van der Waals surface area contributed by atoms with Crippen molar-refractivity contribution >= 4 is 5.65 Å². The highest BCUT2D eigenvalue weighted by molar-refractivity contribution is 5.78. The standard InChI is InChI=1S/C25H18F5N5O/c1-14-11-34(13-31-14)21-6-3-15(7-22(21)36-2)8-23-32-24-18(16-4-5-19(26)20(27)9-16)10-17(25(28,29)30)12-35(24)33-23/h3-7,9-13H,8H2,1-2H3. The first-order valence-electron chi connectivity index (χ1n) is 10.7. The van der Waals surface area contributed by atoms with E-state index in [1.165, 1.54) is 13.2 Å². The number of pyridine rings is 1. The molecule has 3 aromatic heterocycles. The van der Waals surface area contributed by atoms with E-state index in [1.807, 2.05) is 29.8 Å². The summed E-state index contributed by atoms with van der Waals surface area (Å²) in [5.74, 6) is -1.47. The third kappa shape index (κ3) is 4.39. The van der Waals surface area contributed by atoms with Crippen molar-refractivity contribution in [2.45, 2.75) is 19.5 Å². The first kappa shape index (κ1) is 23.5. The Balaban J connectivity index is 1.57. The SMILES string of the molecule is COc1cc(Cc2nc3c(-c4ccc(F)c(F)c4)cc(C(F)(F)F)cn3n2)ccc1-n1cnc(C)c1. The zero-order chi connectivity index (χ0) is 25.6. The van der Waals surface area contributed by atoms with E-state index in [1.54, 1.807) is 12.4 Å². The second-order valence-corrected chi connectivity index (χ2v) is 8.17. The predicted octanol–water partition coefficient (Wildman–Crippen LogP) is 5.79. The third-order valence-corrected chi connectivity index (χ3v) is 5.63. The molecule has 0 fully saturated rings. The molecule has 0 unspecified atom stereocenters. The fourth-order valence-corrected chi connectivity index (χ4v) is 3.92. The Morgan fingerprint density at radius 1 is 0.972 bits per heavy atom. The number of aromatic nitrogens is 5. The van der Waals surface area contributed by atoms with Gasteiger partial charge in [-0.15, -0.1) is 0 Å². The fourth-order valence-electron chi connectivity index (χ4n) is 3.92. The molecule has 0 aliphatic heterocycles. The van der Waals surface area contributed by atoms with Crippen LogP contribution in [0.4, 0.5) is 22.0 Å². The minimum atomic E-state index is -4.68. The summed E-state index contributed by atoms with van der Waals surface area (Å²) >= 11 is 0. The van der Waals surface area contributed by atoms with Crippen LogP contribution in [-0.2, 0) is 12.6 Å². The summed E-state index contributed by atoms with van der Waals surface area (Å²) < 4.78 is 76.3. The van der Waals surface area contributed by atoms with E-state index in [0.29, 0.717) is 5.75 Å². The lowest BCUT2D eigenvalue weighted by atomic mass is 10.0. The average molecular weight is 499 g/mol. The third-order valence-electron chi connectivity index (χ3n) is 5.63. The molecule has 0 bridgehead atoms. The molecular weight excluding hydrogens is 481 g/mol. The van der Waals surface area contributed by atoms with Crippen LogP contribution in [0.2, 0.25) is 0 Å². The molecule has 6 nitrogen and oxygen atoms in total. The molecule has 0 N–H and O–H groups in total. The van der Waals surface area contributed by atoms with Gasteiger partial charge in [0.05, 0.1) is 30.4 Å². The molecule has 2 aromatic carbocycles.